The second-order valence-corrected chi connectivity index (χ2v) is 8.54. The van der Waals surface area contributed by atoms with E-state index >= 15 is 0 Å². The number of sulfonamides is 1. The SMILES string of the molecule is COc1cccc(NC(=O)COC(=O)c2cccc(S(=O)(=O)Nc3cccc(C)c3)c2)c1. The highest BCUT2D eigenvalue weighted by molar-refractivity contribution is 7.92. The normalized spacial score (nSPS) is 10.8. The molecule has 0 aliphatic rings. The van der Waals surface area contributed by atoms with Gasteiger partial charge in [0.25, 0.3) is 15.9 Å². The smallest absolute Gasteiger partial charge is 0.338 e. The average molecular weight is 455 g/mol. The highest BCUT2D eigenvalue weighted by Gasteiger charge is 2.18. The molecular formula is C23H22N2O6S. The summed E-state index contributed by atoms with van der Waals surface area (Å²) in [4.78, 5) is 24.3. The van der Waals surface area contributed by atoms with Gasteiger partial charge in [-0.1, -0.05) is 24.3 Å². The van der Waals surface area contributed by atoms with Crippen LogP contribution in [0.5, 0.6) is 5.75 Å². The molecule has 2 N–H and O–H groups in total. The molecular weight excluding hydrogens is 432 g/mol. The number of esters is 1. The number of nitrogens with one attached hydrogen (secondary N) is 2. The van der Waals surface area contributed by atoms with E-state index in [-0.39, 0.29) is 10.5 Å². The van der Waals surface area contributed by atoms with Gasteiger partial charge in [0.2, 0.25) is 0 Å². The maximum absolute atomic E-state index is 12.7. The summed E-state index contributed by atoms with van der Waals surface area (Å²) in [7, 11) is -2.41. The lowest BCUT2D eigenvalue weighted by Gasteiger charge is -2.10. The number of hydrogen-bond donors (Lipinski definition) is 2. The van der Waals surface area contributed by atoms with Gasteiger partial charge < -0.3 is 14.8 Å². The molecule has 0 aromatic heterocycles. The lowest BCUT2D eigenvalue weighted by atomic mass is 10.2. The number of rotatable bonds is 8. The predicted molar refractivity (Wildman–Crippen MR) is 120 cm³/mol. The highest BCUT2D eigenvalue weighted by atomic mass is 32.2. The molecule has 8 nitrogen and oxygen atoms in total. The molecule has 1 amide bonds. The van der Waals surface area contributed by atoms with Crippen LogP contribution >= 0.6 is 0 Å². The molecule has 3 aromatic carbocycles. The van der Waals surface area contributed by atoms with Gasteiger partial charge in [0.05, 0.1) is 17.6 Å². The number of methoxy groups -OCH3 is 1. The maximum atomic E-state index is 12.7. The molecule has 0 bridgehead atoms. The summed E-state index contributed by atoms with van der Waals surface area (Å²) < 4.78 is 37.9. The van der Waals surface area contributed by atoms with E-state index < -0.39 is 28.5 Å². The molecule has 0 aliphatic carbocycles. The van der Waals surface area contributed by atoms with E-state index in [0.29, 0.717) is 17.1 Å². The molecule has 0 spiro atoms. The topological polar surface area (TPSA) is 111 Å². The van der Waals surface area contributed by atoms with E-state index in [1.807, 2.05) is 13.0 Å². The van der Waals surface area contributed by atoms with Crippen LogP contribution in [0.25, 0.3) is 0 Å². The first kappa shape index (κ1) is 22.8. The molecule has 3 aromatic rings. The van der Waals surface area contributed by atoms with Gasteiger partial charge in [-0.05, 0) is 55.0 Å². The minimum absolute atomic E-state index is 0.00583. The molecule has 9 heteroatoms. The van der Waals surface area contributed by atoms with Gasteiger partial charge in [-0.25, -0.2) is 13.2 Å². The maximum Gasteiger partial charge on any atom is 0.338 e. The Morgan fingerprint density at radius 2 is 1.62 bits per heavy atom. The Bertz CT molecular complexity index is 1240. The first-order chi connectivity index (χ1) is 15.3. The van der Waals surface area contributed by atoms with Crippen LogP contribution < -0.4 is 14.8 Å². The van der Waals surface area contributed by atoms with E-state index in [9.17, 15) is 18.0 Å². The fourth-order valence-corrected chi connectivity index (χ4v) is 3.92. The van der Waals surface area contributed by atoms with Crippen molar-refractivity contribution in [2.75, 3.05) is 23.8 Å². The molecule has 3 rings (SSSR count). The number of benzene rings is 3. The van der Waals surface area contributed by atoms with Crippen LogP contribution in [0.2, 0.25) is 0 Å². The molecule has 0 heterocycles. The second kappa shape index (κ2) is 9.97. The van der Waals surface area contributed by atoms with Gasteiger partial charge in [-0.15, -0.1) is 0 Å². The van der Waals surface area contributed by atoms with Gasteiger partial charge in [-0.2, -0.15) is 0 Å². The molecule has 0 atom stereocenters. The van der Waals surface area contributed by atoms with Gasteiger partial charge in [0.1, 0.15) is 5.75 Å². The van der Waals surface area contributed by atoms with Gasteiger partial charge in [0.15, 0.2) is 6.61 Å². The Morgan fingerprint density at radius 1 is 0.906 bits per heavy atom. The zero-order valence-corrected chi connectivity index (χ0v) is 18.3. The Labute approximate surface area is 186 Å². The molecule has 0 saturated heterocycles. The van der Waals surface area contributed by atoms with Gasteiger partial charge in [-0.3, -0.25) is 9.52 Å². The van der Waals surface area contributed by atoms with Crippen molar-refractivity contribution >= 4 is 33.3 Å². The average Bonchev–Trinajstić information content (AvgIpc) is 2.77. The Kier molecular flexibility index (Phi) is 7.11. The molecule has 0 aliphatic heterocycles. The Morgan fingerprint density at radius 3 is 2.38 bits per heavy atom. The largest absolute Gasteiger partial charge is 0.497 e. The number of carbonyl (C=O) groups is 2. The molecule has 166 valence electrons. The standard InChI is InChI=1S/C23H22N2O6S/c1-16-6-3-9-19(12-16)25-32(28,29)21-11-4-7-17(13-21)23(27)31-15-22(26)24-18-8-5-10-20(14-18)30-2/h3-14,25H,15H2,1-2H3,(H,24,26). The van der Waals surface area contributed by atoms with Crippen LogP contribution in [0.15, 0.2) is 77.7 Å². The van der Waals surface area contributed by atoms with Crippen molar-refractivity contribution in [1.29, 1.82) is 0 Å². The number of ether oxygens (including phenoxy) is 2. The second-order valence-electron chi connectivity index (χ2n) is 6.86. The van der Waals surface area contributed by atoms with E-state index in [0.717, 1.165) is 5.56 Å². The van der Waals surface area contributed by atoms with Crippen molar-refractivity contribution in [2.24, 2.45) is 0 Å². The fourth-order valence-electron chi connectivity index (χ4n) is 2.83. The van der Waals surface area contributed by atoms with Crippen LogP contribution in [0, 0.1) is 6.92 Å². The zero-order chi connectivity index (χ0) is 23.1. The summed E-state index contributed by atoms with van der Waals surface area (Å²) >= 11 is 0. The third-order valence-corrected chi connectivity index (χ3v) is 5.72. The molecule has 32 heavy (non-hydrogen) atoms. The van der Waals surface area contributed by atoms with E-state index in [4.69, 9.17) is 9.47 Å². The fraction of sp³-hybridized carbons (Fsp3) is 0.130. The van der Waals surface area contributed by atoms with E-state index in [1.165, 1.54) is 31.4 Å². The molecule has 0 radical (unpaired) electrons. The van der Waals surface area contributed by atoms with Crippen molar-refractivity contribution in [3.8, 4) is 5.75 Å². The summed E-state index contributed by atoms with van der Waals surface area (Å²) in [5, 5.41) is 2.59. The minimum atomic E-state index is -3.91. The van der Waals surface area contributed by atoms with Crippen LogP contribution in [-0.2, 0) is 19.6 Å². The van der Waals surface area contributed by atoms with Crippen molar-refractivity contribution < 1.29 is 27.5 Å². The minimum Gasteiger partial charge on any atom is -0.497 e. The van der Waals surface area contributed by atoms with Crippen LogP contribution in [-0.4, -0.2) is 34.0 Å². The Hall–Kier alpha value is -3.85. The molecule has 0 unspecified atom stereocenters. The quantitative estimate of drug-likeness (QED) is 0.503. The van der Waals surface area contributed by atoms with Gasteiger partial charge >= 0.3 is 5.97 Å². The monoisotopic (exact) mass is 454 g/mol. The molecule has 0 saturated carbocycles. The third kappa shape index (κ3) is 6.08. The Balaban J connectivity index is 1.63. The van der Waals surface area contributed by atoms with Crippen LogP contribution in [0.4, 0.5) is 11.4 Å². The number of anilines is 2. The first-order valence-electron chi connectivity index (χ1n) is 9.57. The van der Waals surface area contributed by atoms with Crippen molar-refractivity contribution in [1.82, 2.24) is 0 Å². The van der Waals surface area contributed by atoms with Crippen molar-refractivity contribution in [2.45, 2.75) is 11.8 Å². The van der Waals surface area contributed by atoms with E-state index in [1.54, 1.807) is 42.5 Å². The number of amides is 1. The van der Waals surface area contributed by atoms with Crippen molar-refractivity contribution in [3.63, 3.8) is 0 Å². The summed E-state index contributed by atoms with van der Waals surface area (Å²) in [6.07, 6.45) is 0. The summed E-state index contributed by atoms with van der Waals surface area (Å²) in [6.45, 7) is 1.31. The third-order valence-electron chi connectivity index (χ3n) is 4.34. The molecule has 0 fully saturated rings. The summed E-state index contributed by atoms with van der Waals surface area (Å²) in [5.41, 5.74) is 1.80. The first-order valence-corrected chi connectivity index (χ1v) is 11.1. The van der Waals surface area contributed by atoms with Gasteiger partial charge in [0, 0.05) is 17.4 Å². The number of hydrogen-bond acceptors (Lipinski definition) is 6. The van der Waals surface area contributed by atoms with Crippen molar-refractivity contribution in [3.05, 3.63) is 83.9 Å². The van der Waals surface area contributed by atoms with Crippen LogP contribution in [0.1, 0.15) is 15.9 Å². The lowest BCUT2D eigenvalue weighted by Crippen LogP contribution is -2.21. The summed E-state index contributed by atoms with van der Waals surface area (Å²) in [6, 6.07) is 19.0. The lowest BCUT2D eigenvalue weighted by molar-refractivity contribution is -0.119. The summed E-state index contributed by atoms with van der Waals surface area (Å²) in [5.74, 6) is -0.799. The van der Waals surface area contributed by atoms with E-state index in [2.05, 4.69) is 10.0 Å². The predicted octanol–water partition coefficient (Wildman–Crippen LogP) is 3.60. The highest BCUT2D eigenvalue weighted by Crippen LogP contribution is 2.19. The number of carbonyl (C=O) groups excluding carboxylic acids is 2. The number of aryl methyl sites for hydroxylation is 1. The zero-order valence-electron chi connectivity index (χ0n) is 17.5. The van der Waals surface area contributed by atoms with Crippen LogP contribution in [0.3, 0.4) is 0 Å².